The zero-order valence-electron chi connectivity index (χ0n) is 8.29. The number of hydrogen-bond acceptors (Lipinski definition) is 1. The largest absolute Gasteiger partial charge is 0.295 e. The lowest BCUT2D eigenvalue weighted by Gasteiger charge is -2.00. The number of carbonyl (C=O) groups excluding carboxylic acids is 1. The molecule has 0 N–H and O–H groups in total. The van der Waals surface area contributed by atoms with Crippen molar-refractivity contribution in [2.75, 3.05) is 0 Å². The fourth-order valence-electron chi connectivity index (χ4n) is 1.15. The molecular weight excluding hydrogens is 160 g/mol. The maximum absolute atomic E-state index is 10.7. The molecular formula is C12H14O. The number of aryl methyl sites for hydroxylation is 2. The van der Waals surface area contributed by atoms with E-state index in [1.807, 2.05) is 19.9 Å². The topological polar surface area (TPSA) is 17.1 Å². The molecule has 0 unspecified atom stereocenters. The maximum Gasteiger partial charge on any atom is 0.152 e. The Morgan fingerprint density at radius 3 is 2.62 bits per heavy atom. The summed E-state index contributed by atoms with van der Waals surface area (Å²) in [5, 5.41) is 0. The molecule has 13 heavy (non-hydrogen) atoms. The monoisotopic (exact) mass is 174 g/mol. The molecule has 1 nitrogen and oxygen atoms in total. The van der Waals surface area contributed by atoms with Crippen LogP contribution in [0.15, 0.2) is 24.3 Å². The molecule has 0 aliphatic rings. The van der Waals surface area contributed by atoms with E-state index in [0.717, 1.165) is 5.56 Å². The zero-order chi connectivity index (χ0) is 9.84. The van der Waals surface area contributed by atoms with Crippen molar-refractivity contribution in [1.82, 2.24) is 0 Å². The van der Waals surface area contributed by atoms with Crippen molar-refractivity contribution in [2.45, 2.75) is 20.8 Å². The Morgan fingerprint density at radius 1 is 1.31 bits per heavy atom. The van der Waals surface area contributed by atoms with Crippen molar-refractivity contribution in [2.24, 2.45) is 0 Å². The van der Waals surface area contributed by atoms with Crippen molar-refractivity contribution in [1.29, 1.82) is 0 Å². The predicted molar refractivity (Wildman–Crippen MR) is 55.6 cm³/mol. The Bertz CT molecular complexity index is 348. The van der Waals surface area contributed by atoms with Gasteiger partial charge in [-0.15, -0.1) is 0 Å². The van der Waals surface area contributed by atoms with E-state index in [-0.39, 0.29) is 5.78 Å². The van der Waals surface area contributed by atoms with Gasteiger partial charge in [0.1, 0.15) is 0 Å². The van der Waals surface area contributed by atoms with Gasteiger partial charge in [-0.1, -0.05) is 29.8 Å². The number of hydrogen-bond donors (Lipinski definition) is 0. The highest BCUT2D eigenvalue weighted by molar-refractivity contribution is 5.91. The summed E-state index contributed by atoms with van der Waals surface area (Å²) in [4.78, 5) is 10.7. The number of allylic oxidation sites excluding steroid dienone is 1. The van der Waals surface area contributed by atoms with Crippen molar-refractivity contribution in [3.8, 4) is 0 Å². The van der Waals surface area contributed by atoms with Crippen LogP contribution < -0.4 is 0 Å². The van der Waals surface area contributed by atoms with Gasteiger partial charge in [0.15, 0.2) is 5.78 Å². The van der Waals surface area contributed by atoms with Gasteiger partial charge in [0, 0.05) is 0 Å². The summed E-state index contributed by atoms with van der Waals surface area (Å²) in [6, 6.07) is 6.21. The molecule has 0 saturated heterocycles. The van der Waals surface area contributed by atoms with Crippen LogP contribution in [0.25, 0.3) is 6.08 Å². The van der Waals surface area contributed by atoms with Gasteiger partial charge >= 0.3 is 0 Å². The lowest BCUT2D eigenvalue weighted by molar-refractivity contribution is -0.112. The number of benzene rings is 1. The van der Waals surface area contributed by atoms with Crippen molar-refractivity contribution < 1.29 is 4.79 Å². The minimum absolute atomic E-state index is 0.0842. The molecule has 0 fully saturated rings. The first kappa shape index (κ1) is 9.72. The third kappa shape index (κ3) is 2.86. The molecule has 1 heteroatoms. The third-order valence-electron chi connectivity index (χ3n) is 1.93. The SMILES string of the molecule is CC(=O)C=Cc1cc(C)ccc1C. The van der Waals surface area contributed by atoms with Crippen molar-refractivity contribution in [3.63, 3.8) is 0 Å². The van der Waals surface area contributed by atoms with Crippen LogP contribution >= 0.6 is 0 Å². The number of carbonyl (C=O) groups is 1. The summed E-state index contributed by atoms with van der Waals surface area (Å²) in [6.07, 6.45) is 3.46. The predicted octanol–water partition coefficient (Wildman–Crippen LogP) is 2.91. The second-order valence-corrected chi connectivity index (χ2v) is 3.30. The molecule has 0 saturated carbocycles. The highest BCUT2D eigenvalue weighted by Gasteiger charge is 1.94. The lowest BCUT2D eigenvalue weighted by Crippen LogP contribution is -1.84. The minimum atomic E-state index is 0.0842. The van der Waals surface area contributed by atoms with Gasteiger partial charge in [0.2, 0.25) is 0 Å². The van der Waals surface area contributed by atoms with E-state index in [1.165, 1.54) is 11.1 Å². The molecule has 0 aliphatic carbocycles. The van der Waals surface area contributed by atoms with Gasteiger partial charge in [0.05, 0.1) is 0 Å². The molecule has 1 aromatic rings. The first-order valence-electron chi connectivity index (χ1n) is 4.35. The Balaban J connectivity index is 3.00. The molecule has 0 atom stereocenters. The summed E-state index contributed by atoms with van der Waals surface area (Å²) in [5.41, 5.74) is 3.53. The van der Waals surface area contributed by atoms with Crippen LogP contribution in [-0.4, -0.2) is 5.78 Å². The molecule has 0 bridgehead atoms. The fraction of sp³-hybridized carbons (Fsp3) is 0.250. The number of rotatable bonds is 2. The average Bonchev–Trinajstić information content (AvgIpc) is 2.06. The smallest absolute Gasteiger partial charge is 0.152 e. The second kappa shape index (κ2) is 4.04. The van der Waals surface area contributed by atoms with Gasteiger partial charge < -0.3 is 0 Å². The van der Waals surface area contributed by atoms with Gasteiger partial charge in [-0.3, -0.25) is 4.79 Å². The van der Waals surface area contributed by atoms with Crippen LogP contribution in [0.1, 0.15) is 23.6 Å². The van der Waals surface area contributed by atoms with Crippen molar-refractivity contribution >= 4 is 11.9 Å². The van der Waals surface area contributed by atoms with Gasteiger partial charge in [-0.2, -0.15) is 0 Å². The normalized spacial score (nSPS) is 10.7. The highest BCUT2D eigenvalue weighted by Crippen LogP contribution is 2.12. The second-order valence-electron chi connectivity index (χ2n) is 3.30. The first-order chi connectivity index (χ1) is 6.09. The molecule has 0 spiro atoms. The standard InChI is InChI=1S/C12H14O/c1-9-4-5-10(2)12(8-9)7-6-11(3)13/h4-8H,1-3H3. The Kier molecular flexibility index (Phi) is 3.02. The molecule has 0 heterocycles. The van der Waals surface area contributed by atoms with Crippen LogP contribution in [0, 0.1) is 13.8 Å². The molecule has 0 radical (unpaired) electrons. The van der Waals surface area contributed by atoms with Gasteiger partial charge in [0.25, 0.3) is 0 Å². The summed E-state index contributed by atoms with van der Waals surface area (Å²) in [6.45, 7) is 5.64. The van der Waals surface area contributed by atoms with Crippen LogP contribution in [0.2, 0.25) is 0 Å². The third-order valence-corrected chi connectivity index (χ3v) is 1.93. The average molecular weight is 174 g/mol. The van der Waals surface area contributed by atoms with Crippen LogP contribution in [0.4, 0.5) is 0 Å². The van der Waals surface area contributed by atoms with Crippen molar-refractivity contribution in [3.05, 3.63) is 41.0 Å². The Hall–Kier alpha value is -1.37. The maximum atomic E-state index is 10.7. The van der Waals surface area contributed by atoms with E-state index in [1.54, 1.807) is 13.0 Å². The van der Waals surface area contributed by atoms with E-state index in [9.17, 15) is 4.79 Å². The summed E-state index contributed by atoms with van der Waals surface area (Å²) >= 11 is 0. The van der Waals surface area contributed by atoms with E-state index in [4.69, 9.17) is 0 Å². The molecule has 1 rings (SSSR count). The Labute approximate surface area is 79.1 Å². The number of ketones is 1. The van der Waals surface area contributed by atoms with E-state index >= 15 is 0 Å². The van der Waals surface area contributed by atoms with E-state index in [0.29, 0.717) is 0 Å². The molecule has 68 valence electrons. The Morgan fingerprint density at radius 2 is 2.00 bits per heavy atom. The minimum Gasteiger partial charge on any atom is -0.295 e. The van der Waals surface area contributed by atoms with Crippen LogP contribution in [0.5, 0.6) is 0 Å². The van der Waals surface area contributed by atoms with E-state index in [2.05, 4.69) is 18.2 Å². The molecule has 1 aromatic carbocycles. The molecule has 0 amide bonds. The van der Waals surface area contributed by atoms with Gasteiger partial charge in [-0.25, -0.2) is 0 Å². The molecule has 0 aromatic heterocycles. The quantitative estimate of drug-likeness (QED) is 0.630. The van der Waals surface area contributed by atoms with Gasteiger partial charge in [-0.05, 0) is 38.0 Å². The summed E-state index contributed by atoms with van der Waals surface area (Å²) in [7, 11) is 0. The summed E-state index contributed by atoms with van der Waals surface area (Å²) < 4.78 is 0. The zero-order valence-corrected chi connectivity index (χ0v) is 8.29. The lowest BCUT2D eigenvalue weighted by atomic mass is 10.1. The fourth-order valence-corrected chi connectivity index (χ4v) is 1.15. The highest BCUT2D eigenvalue weighted by atomic mass is 16.1. The van der Waals surface area contributed by atoms with E-state index < -0.39 is 0 Å². The molecule has 0 aliphatic heterocycles. The van der Waals surface area contributed by atoms with Crippen LogP contribution in [-0.2, 0) is 4.79 Å². The van der Waals surface area contributed by atoms with Crippen LogP contribution in [0.3, 0.4) is 0 Å². The summed E-state index contributed by atoms with van der Waals surface area (Å²) in [5.74, 6) is 0.0842. The first-order valence-corrected chi connectivity index (χ1v) is 4.35.